The van der Waals surface area contributed by atoms with Gasteiger partial charge in [0.05, 0.1) is 12.7 Å². The first-order valence-corrected chi connectivity index (χ1v) is 8.95. The molecule has 1 saturated heterocycles. The van der Waals surface area contributed by atoms with E-state index in [2.05, 4.69) is 5.32 Å². The third-order valence-corrected chi connectivity index (χ3v) is 4.75. The first-order valence-electron chi connectivity index (χ1n) is 8.95. The number of piperazine rings is 1. The molecule has 1 aliphatic rings. The fraction of sp³-hybridized carbons (Fsp3) is 0.350. The first-order chi connectivity index (χ1) is 13.4. The average Bonchev–Trinajstić information content (AvgIpc) is 2.72. The van der Waals surface area contributed by atoms with Crippen LogP contribution >= 0.6 is 0 Å². The van der Waals surface area contributed by atoms with Crippen molar-refractivity contribution in [2.75, 3.05) is 38.2 Å². The molecule has 3 rings (SSSR count). The number of alkyl halides is 3. The number of para-hydroxylation sites is 1. The van der Waals surface area contributed by atoms with E-state index in [0.717, 1.165) is 29.1 Å². The summed E-state index contributed by atoms with van der Waals surface area (Å²) in [6.45, 7) is 2.49. The fourth-order valence-corrected chi connectivity index (χ4v) is 3.16. The highest BCUT2D eigenvalue weighted by atomic mass is 19.4. The Morgan fingerprint density at radius 3 is 2.29 bits per heavy atom. The molecular weight excluding hydrogens is 371 g/mol. The van der Waals surface area contributed by atoms with Gasteiger partial charge in [-0.3, -0.25) is 0 Å². The van der Waals surface area contributed by atoms with Crippen molar-refractivity contribution in [1.29, 1.82) is 0 Å². The first kappa shape index (κ1) is 19.9. The van der Waals surface area contributed by atoms with Gasteiger partial charge < -0.3 is 19.9 Å². The Bertz CT molecular complexity index is 801. The Kier molecular flexibility index (Phi) is 5.96. The average molecular weight is 393 g/mol. The largest absolute Gasteiger partial charge is 0.496 e. The van der Waals surface area contributed by atoms with Gasteiger partial charge in [0, 0.05) is 44.0 Å². The van der Waals surface area contributed by atoms with Crippen LogP contribution in [0.15, 0.2) is 48.5 Å². The molecule has 2 aromatic rings. The van der Waals surface area contributed by atoms with E-state index in [-0.39, 0.29) is 6.03 Å². The number of benzene rings is 2. The minimum absolute atomic E-state index is 0.169. The van der Waals surface area contributed by atoms with Gasteiger partial charge in [0.25, 0.3) is 0 Å². The quantitative estimate of drug-likeness (QED) is 0.861. The maximum absolute atomic E-state index is 12.7. The van der Waals surface area contributed by atoms with Gasteiger partial charge in [-0.2, -0.15) is 13.2 Å². The summed E-state index contributed by atoms with van der Waals surface area (Å²) in [6.07, 6.45) is -4.34. The Balaban J connectivity index is 1.51. The molecule has 8 heteroatoms. The summed E-state index contributed by atoms with van der Waals surface area (Å²) >= 11 is 0. The van der Waals surface area contributed by atoms with Crippen molar-refractivity contribution in [2.24, 2.45) is 0 Å². The monoisotopic (exact) mass is 393 g/mol. The van der Waals surface area contributed by atoms with Crippen LogP contribution in [0.4, 0.5) is 23.7 Å². The van der Waals surface area contributed by atoms with Crippen molar-refractivity contribution in [3.05, 3.63) is 59.7 Å². The van der Waals surface area contributed by atoms with Crippen LogP contribution in [0.25, 0.3) is 0 Å². The van der Waals surface area contributed by atoms with Crippen LogP contribution < -0.4 is 15.0 Å². The van der Waals surface area contributed by atoms with Crippen LogP contribution in [-0.2, 0) is 12.7 Å². The lowest BCUT2D eigenvalue weighted by atomic mass is 10.1. The molecule has 1 N–H and O–H groups in total. The van der Waals surface area contributed by atoms with Gasteiger partial charge in [-0.1, -0.05) is 18.2 Å². The van der Waals surface area contributed by atoms with E-state index in [4.69, 9.17) is 4.74 Å². The molecule has 0 saturated carbocycles. The highest BCUT2D eigenvalue weighted by Gasteiger charge is 2.30. The molecule has 0 spiro atoms. The van der Waals surface area contributed by atoms with E-state index < -0.39 is 11.7 Å². The van der Waals surface area contributed by atoms with Crippen LogP contribution in [0.2, 0.25) is 0 Å². The number of carbonyl (C=O) groups excluding carboxylic acids is 1. The van der Waals surface area contributed by atoms with Gasteiger partial charge in [-0.15, -0.1) is 0 Å². The van der Waals surface area contributed by atoms with Gasteiger partial charge in [0.2, 0.25) is 0 Å². The number of methoxy groups -OCH3 is 1. The molecule has 28 heavy (non-hydrogen) atoms. The zero-order valence-electron chi connectivity index (χ0n) is 15.5. The number of anilines is 1. The smallest absolute Gasteiger partial charge is 0.416 e. The highest BCUT2D eigenvalue weighted by molar-refractivity contribution is 5.74. The number of halogens is 3. The molecule has 0 bridgehead atoms. The number of rotatable bonds is 4. The molecule has 0 radical (unpaired) electrons. The zero-order chi connectivity index (χ0) is 20.1. The molecule has 5 nitrogen and oxygen atoms in total. The predicted molar refractivity (Wildman–Crippen MR) is 100 cm³/mol. The number of amides is 2. The predicted octanol–water partition coefficient (Wildman–Crippen LogP) is 3.75. The topological polar surface area (TPSA) is 44.8 Å². The van der Waals surface area contributed by atoms with Crippen molar-refractivity contribution in [2.45, 2.75) is 12.7 Å². The Morgan fingerprint density at radius 1 is 1.04 bits per heavy atom. The molecule has 0 unspecified atom stereocenters. The second-order valence-electron chi connectivity index (χ2n) is 6.49. The van der Waals surface area contributed by atoms with Crippen molar-refractivity contribution in [3.63, 3.8) is 0 Å². The molecule has 1 aliphatic heterocycles. The Labute approximate surface area is 161 Å². The molecule has 2 amide bonds. The lowest BCUT2D eigenvalue weighted by molar-refractivity contribution is -0.137. The summed E-state index contributed by atoms with van der Waals surface area (Å²) < 4.78 is 43.3. The second kappa shape index (κ2) is 8.41. The third-order valence-electron chi connectivity index (χ3n) is 4.75. The standard InChI is InChI=1S/C20H22F3N3O2/c1-28-18-5-3-2-4-15(18)14-24-19(27)26-12-10-25(11-13-26)17-8-6-16(7-9-17)20(21,22)23/h2-9H,10-14H2,1H3,(H,24,27). The maximum atomic E-state index is 12.7. The van der Waals surface area contributed by atoms with Crippen LogP contribution in [-0.4, -0.2) is 44.2 Å². The number of hydrogen-bond donors (Lipinski definition) is 1. The SMILES string of the molecule is COc1ccccc1CNC(=O)N1CCN(c2ccc(C(F)(F)F)cc2)CC1. The lowest BCUT2D eigenvalue weighted by Gasteiger charge is -2.36. The number of nitrogens with zero attached hydrogens (tertiary/aromatic N) is 2. The fourth-order valence-electron chi connectivity index (χ4n) is 3.16. The summed E-state index contributed by atoms with van der Waals surface area (Å²) in [5, 5.41) is 2.89. The molecule has 1 heterocycles. The Morgan fingerprint density at radius 2 is 1.68 bits per heavy atom. The number of carbonyl (C=O) groups is 1. The molecule has 0 aliphatic carbocycles. The highest BCUT2D eigenvalue weighted by Crippen LogP contribution is 2.30. The lowest BCUT2D eigenvalue weighted by Crippen LogP contribution is -2.51. The van der Waals surface area contributed by atoms with E-state index in [1.165, 1.54) is 12.1 Å². The van der Waals surface area contributed by atoms with Gasteiger partial charge in [0.15, 0.2) is 0 Å². The third kappa shape index (κ3) is 4.68. The summed E-state index contributed by atoms with van der Waals surface area (Å²) in [6, 6.07) is 12.4. The molecule has 150 valence electrons. The van der Waals surface area contributed by atoms with Crippen LogP contribution in [0, 0.1) is 0 Å². The summed E-state index contributed by atoms with van der Waals surface area (Å²) in [5.41, 5.74) is 0.953. The minimum atomic E-state index is -4.34. The van der Waals surface area contributed by atoms with Gasteiger partial charge in [-0.25, -0.2) is 4.79 Å². The molecular formula is C20H22F3N3O2. The van der Waals surface area contributed by atoms with Crippen molar-refractivity contribution >= 4 is 11.7 Å². The summed E-state index contributed by atoms with van der Waals surface area (Å²) in [7, 11) is 1.58. The van der Waals surface area contributed by atoms with Crippen LogP contribution in [0.5, 0.6) is 5.75 Å². The van der Waals surface area contributed by atoms with E-state index in [9.17, 15) is 18.0 Å². The van der Waals surface area contributed by atoms with Crippen LogP contribution in [0.3, 0.4) is 0 Å². The Hall–Kier alpha value is -2.90. The normalized spacial score (nSPS) is 14.7. The van der Waals surface area contributed by atoms with Gasteiger partial charge in [-0.05, 0) is 30.3 Å². The zero-order valence-corrected chi connectivity index (χ0v) is 15.5. The number of hydrogen-bond acceptors (Lipinski definition) is 3. The maximum Gasteiger partial charge on any atom is 0.416 e. The van der Waals surface area contributed by atoms with E-state index in [1.807, 2.05) is 29.2 Å². The van der Waals surface area contributed by atoms with E-state index >= 15 is 0 Å². The molecule has 0 atom stereocenters. The molecule has 2 aromatic carbocycles. The number of nitrogens with one attached hydrogen (secondary N) is 1. The summed E-state index contributed by atoms with van der Waals surface area (Å²) in [4.78, 5) is 16.1. The van der Waals surface area contributed by atoms with Gasteiger partial charge in [0.1, 0.15) is 5.75 Å². The van der Waals surface area contributed by atoms with E-state index in [0.29, 0.717) is 32.7 Å². The van der Waals surface area contributed by atoms with Gasteiger partial charge >= 0.3 is 12.2 Å². The van der Waals surface area contributed by atoms with Crippen molar-refractivity contribution < 1.29 is 22.7 Å². The molecule has 0 aromatic heterocycles. The number of urea groups is 1. The van der Waals surface area contributed by atoms with Crippen LogP contribution in [0.1, 0.15) is 11.1 Å². The van der Waals surface area contributed by atoms with Crippen molar-refractivity contribution in [3.8, 4) is 5.75 Å². The number of ether oxygens (including phenoxy) is 1. The van der Waals surface area contributed by atoms with Crippen molar-refractivity contribution in [1.82, 2.24) is 10.2 Å². The molecule has 1 fully saturated rings. The minimum Gasteiger partial charge on any atom is -0.496 e. The van der Waals surface area contributed by atoms with E-state index in [1.54, 1.807) is 12.0 Å². The summed E-state index contributed by atoms with van der Waals surface area (Å²) in [5.74, 6) is 0.718. The second-order valence-corrected chi connectivity index (χ2v) is 6.49.